The highest BCUT2D eigenvalue weighted by molar-refractivity contribution is 14.0. The standard InChI is InChI=1S/C23H39N3O3.HI/c1-5-24-22(25-13-17-28-14-10-19(2)3)26-18-23(11-15-29-16-12-23)20-6-8-21(27-4)9-7-20;/h6-9,19H,5,10-18H2,1-4H3,(H2,24,25,26);1H. The summed E-state index contributed by atoms with van der Waals surface area (Å²) >= 11 is 0. The number of aliphatic imine (C=N–C) groups is 1. The Bertz CT molecular complexity index is 602. The average molecular weight is 533 g/mol. The second-order valence-electron chi connectivity index (χ2n) is 8.04. The molecule has 0 atom stereocenters. The number of guanidine groups is 1. The van der Waals surface area contributed by atoms with Gasteiger partial charge in [0.2, 0.25) is 0 Å². The first-order valence-corrected chi connectivity index (χ1v) is 10.9. The van der Waals surface area contributed by atoms with Gasteiger partial charge in [-0.3, -0.25) is 4.99 Å². The molecule has 0 amide bonds. The summed E-state index contributed by atoms with van der Waals surface area (Å²) in [4.78, 5) is 4.93. The predicted molar refractivity (Wildman–Crippen MR) is 134 cm³/mol. The Hall–Kier alpha value is -1.06. The molecule has 1 heterocycles. The summed E-state index contributed by atoms with van der Waals surface area (Å²) in [6.07, 6.45) is 3.04. The highest BCUT2D eigenvalue weighted by Gasteiger charge is 2.34. The van der Waals surface area contributed by atoms with Crippen LogP contribution in [0.4, 0.5) is 0 Å². The summed E-state index contributed by atoms with van der Waals surface area (Å²) in [5.74, 6) is 2.40. The number of methoxy groups -OCH3 is 1. The smallest absolute Gasteiger partial charge is 0.191 e. The number of hydrogen-bond acceptors (Lipinski definition) is 4. The molecule has 1 fully saturated rings. The summed E-state index contributed by atoms with van der Waals surface area (Å²) in [6, 6.07) is 8.41. The summed E-state index contributed by atoms with van der Waals surface area (Å²) in [6.45, 7) is 11.9. The Morgan fingerprint density at radius 3 is 2.43 bits per heavy atom. The molecule has 0 radical (unpaired) electrons. The van der Waals surface area contributed by atoms with Gasteiger partial charge in [0, 0.05) is 38.3 Å². The van der Waals surface area contributed by atoms with Crippen LogP contribution in [-0.2, 0) is 14.9 Å². The van der Waals surface area contributed by atoms with Crippen LogP contribution in [0, 0.1) is 5.92 Å². The molecular weight excluding hydrogens is 493 g/mol. The zero-order valence-electron chi connectivity index (χ0n) is 19.0. The van der Waals surface area contributed by atoms with Gasteiger partial charge < -0.3 is 24.8 Å². The molecule has 172 valence electrons. The zero-order chi connectivity index (χ0) is 21.0. The van der Waals surface area contributed by atoms with E-state index in [1.54, 1.807) is 7.11 Å². The van der Waals surface area contributed by atoms with Gasteiger partial charge in [-0.1, -0.05) is 26.0 Å². The maximum atomic E-state index is 5.70. The number of halogens is 1. The lowest BCUT2D eigenvalue weighted by Gasteiger charge is -2.36. The fraction of sp³-hybridized carbons (Fsp3) is 0.696. The van der Waals surface area contributed by atoms with Gasteiger partial charge in [-0.05, 0) is 49.8 Å². The Labute approximate surface area is 199 Å². The van der Waals surface area contributed by atoms with Gasteiger partial charge >= 0.3 is 0 Å². The molecule has 30 heavy (non-hydrogen) atoms. The highest BCUT2D eigenvalue weighted by Crippen LogP contribution is 2.36. The molecule has 1 aromatic rings. The molecule has 1 aliphatic rings. The van der Waals surface area contributed by atoms with Crippen molar-refractivity contribution in [2.24, 2.45) is 10.9 Å². The molecule has 1 saturated heterocycles. The number of nitrogens with one attached hydrogen (secondary N) is 2. The van der Waals surface area contributed by atoms with E-state index < -0.39 is 0 Å². The molecule has 0 bridgehead atoms. The Morgan fingerprint density at radius 1 is 1.13 bits per heavy atom. The van der Waals surface area contributed by atoms with Gasteiger partial charge in [-0.2, -0.15) is 0 Å². The quantitative estimate of drug-likeness (QED) is 0.195. The third-order valence-electron chi connectivity index (χ3n) is 5.41. The molecule has 2 rings (SSSR count). The van der Waals surface area contributed by atoms with Crippen molar-refractivity contribution >= 4 is 29.9 Å². The van der Waals surface area contributed by atoms with E-state index in [9.17, 15) is 0 Å². The zero-order valence-corrected chi connectivity index (χ0v) is 21.4. The van der Waals surface area contributed by atoms with Crippen LogP contribution in [0.15, 0.2) is 29.3 Å². The van der Waals surface area contributed by atoms with Crippen molar-refractivity contribution < 1.29 is 14.2 Å². The largest absolute Gasteiger partial charge is 0.497 e. The molecular formula is C23H40IN3O3. The third kappa shape index (κ3) is 8.98. The fourth-order valence-electron chi connectivity index (χ4n) is 3.48. The Balaban J connectivity index is 0.00000450. The van der Waals surface area contributed by atoms with Crippen LogP contribution >= 0.6 is 24.0 Å². The van der Waals surface area contributed by atoms with E-state index in [0.717, 1.165) is 70.4 Å². The Morgan fingerprint density at radius 2 is 1.83 bits per heavy atom. The van der Waals surface area contributed by atoms with E-state index in [1.165, 1.54) is 5.56 Å². The van der Waals surface area contributed by atoms with Crippen LogP contribution < -0.4 is 15.4 Å². The van der Waals surface area contributed by atoms with Crippen molar-refractivity contribution in [1.29, 1.82) is 0 Å². The number of nitrogens with zero attached hydrogens (tertiary/aromatic N) is 1. The summed E-state index contributed by atoms with van der Waals surface area (Å²) < 4.78 is 16.7. The molecule has 2 N–H and O–H groups in total. The first-order chi connectivity index (χ1) is 14.1. The minimum absolute atomic E-state index is 0. The molecule has 1 aliphatic heterocycles. The minimum atomic E-state index is 0. The summed E-state index contributed by atoms with van der Waals surface area (Å²) in [7, 11) is 1.70. The predicted octanol–water partition coefficient (Wildman–Crippen LogP) is 3.98. The Kier molecular flexibility index (Phi) is 13.4. The van der Waals surface area contributed by atoms with E-state index in [4.69, 9.17) is 19.2 Å². The van der Waals surface area contributed by atoms with E-state index in [-0.39, 0.29) is 29.4 Å². The van der Waals surface area contributed by atoms with Crippen molar-refractivity contribution in [1.82, 2.24) is 10.6 Å². The van der Waals surface area contributed by atoms with Crippen LogP contribution in [0.25, 0.3) is 0 Å². The molecule has 0 spiro atoms. The van der Waals surface area contributed by atoms with Crippen molar-refractivity contribution in [3.8, 4) is 5.75 Å². The molecule has 0 unspecified atom stereocenters. The normalized spacial score (nSPS) is 16.1. The van der Waals surface area contributed by atoms with E-state index in [2.05, 4.69) is 43.5 Å². The second kappa shape index (κ2) is 14.9. The molecule has 0 saturated carbocycles. The number of benzene rings is 1. The van der Waals surface area contributed by atoms with Gasteiger partial charge in [-0.15, -0.1) is 24.0 Å². The molecule has 0 aliphatic carbocycles. The van der Waals surface area contributed by atoms with E-state index in [0.29, 0.717) is 12.5 Å². The van der Waals surface area contributed by atoms with Crippen LogP contribution in [0.1, 0.15) is 45.6 Å². The van der Waals surface area contributed by atoms with Crippen LogP contribution in [0.5, 0.6) is 5.75 Å². The molecule has 6 nitrogen and oxygen atoms in total. The molecule has 0 aromatic heterocycles. The minimum Gasteiger partial charge on any atom is -0.497 e. The van der Waals surface area contributed by atoms with Gasteiger partial charge in [0.15, 0.2) is 5.96 Å². The van der Waals surface area contributed by atoms with E-state index >= 15 is 0 Å². The van der Waals surface area contributed by atoms with Gasteiger partial charge in [-0.25, -0.2) is 0 Å². The SMILES string of the molecule is CCNC(=NCC1(c2ccc(OC)cc2)CCOCC1)NCCOCCC(C)C.I. The van der Waals surface area contributed by atoms with Crippen LogP contribution in [0.2, 0.25) is 0 Å². The van der Waals surface area contributed by atoms with Gasteiger partial charge in [0.1, 0.15) is 5.75 Å². The molecule has 1 aromatic carbocycles. The lowest BCUT2D eigenvalue weighted by atomic mass is 9.74. The topological polar surface area (TPSA) is 64.1 Å². The number of rotatable bonds is 11. The van der Waals surface area contributed by atoms with Crippen molar-refractivity contribution in [2.45, 2.75) is 45.4 Å². The first-order valence-electron chi connectivity index (χ1n) is 10.9. The van der Waals surface area contributed by atoms with Gasteiger partial charge in [0.05, 0.1) is 20.3 Å². The van der Waals surface area contributed by atoms with Gasteiger partial charge in [0.25, 0.3) is 0 Å². The first kappa shape index (κ1) is 27.0. The van der Waals surface area contributed by atoms with E-state index in [1.807, 2.05) is 12.1 Å². The highest BCUT2D eigenvalue weighted by atomic mass is 127. The fourth-order valence-corrected chi connectivity index (χ4v) is 3.48. The van der Waals surface area contributed by atoms with Crippen molar-refractivity contribution in [3.63, 3.8) is 0 Å². The summed E-state index contributed by atoms with van der Waals surface area (Å²) in [5.41, 5.74) is 1.30. The number of ether oxygens (including phenoxy) is 3. The number of hydrogen-bond donors (Lipinski definition) is 2. The third-order valence-corrected chi connectivity index (χ3v) is 5.41. The maximum absolute atomic E-state index is 5.70. The average Bonchev–Trinajstić information content (AvgIpc) is 2.75. The van der Waals surface area contributed by atoms with Crippen molar-refractivity contribution in [2.75, 3.05) is 53.2 Å². The van der Waals surface area contributed by atoms with Crippen LogP contribution in [-0.4, -0.2) is 59.1 Å². The monoisotopic (exact) mass is 533 g/mol. The van der Waals surface area contributed by atoms with Crippen LogP contribution in [0.3, 0.4) is 0 Å². The van der Waals surface area contributed by atoms with Crippen molar-refractivity contribution in [3.05, 3.63) is 29.8 Å². The maximum Gasteiger partial charge on any atom is 0.191 e. The lowest BCUT2D eigenvalue weighted by Crippen LogP contribution is -2.42. The summed E-state index contributed by atoms with van der Waals surface area (Å²) in [5, 5.41) is 6.75. The lowest BCUT2D eigenvalue weighted by molar-refractivity contribution is 0.0531. The second-order valence-corrected chi connectivity index (χ2v) is 8.04. The molecule has 7 heteroatoms.